The molecule has 0 aliphatic heterocycles. The van der Waals surface area contributed by atoms with Crippen LogP contribution in [0.15, 0.2) is 18.2 Å². The molecule has 0 aliphatic rings. The third-order valence-electron chi connectivity index (χ3n) is 2.11. The summed E-state index contributed by atoms with van der Waals surface area (Å²) in [7, 11) is 0. The Kier molecular flexibility index (Phi) is 4.37. The molecule has 1 aromatic carbocycles. The number of amidine groups is 1. The zero-order chi connectivity index (χ0) is 14.6. The second-order valence-corrected chi connectivity index (χ2v) is 5.17. The van der Waals surface area contributed by atoms with Crippen molar-refractivity contribution in [1.29, 1.82) is 5.41 Å². The lowest BCUT2D eigenvalue weighted by Crippen LogP contribution is -2.27. The summed E-state index contributed by atoms with van der Waals surface area (Å²) < 4.78 is 5.13. The van der Waals surface area contributed by atoms with Gasteiger partial charge in [0.2, 0.25) is 0 Å². The van der Waals surface area contributed by atoms with Crippen LogP contribution in [0.25, 0.3) is 0 Å². The number of ether oxygens (including phenoxy) is 1. The number of hydrogen-bond acceptors (Lipinski definition) is 4. The predicted octanol–water partition coefficient (Wildman–Crippen LogP) is 2.22. The molecular weight excluding hydrogens is 246 g/mol. The molecule has 0 saturated carbocycles. The molecule has 0 unspecified atom stereocenters. The van der Waals surface area contributed by atoms with E-state index >= 15 is 0 Å². The molecule has 6 heteroatoms. The number of anilines is 1. The molecule has 0 aliphatic carbocycles. The minimum absolute atomic E-state index is 0.0472. The van der Waals surface area contributed by atoms with E-state index in [-0.39, 0.29) is 18.0 Å². The van der Waals surface area contributed by atoms with Gasteiger partial charge in [0.25, 0.3) is 0 Å². The Morgan fingerprint density at radius 1 is 1.47 bits per heavy atom. The van der Waals surface area contributed by atoms with Gasteiger partial charge in [-0.15, -0.1) is 0 Å². The fourth-order valence-electron chi connectivity index (χ4n) is 1.47. The Bertz CT molecular complexity index is 492. The highest BCUT2D eigenvalue weighted by atomic mass is 16.6. The van der Waals surface area contributed by atoms with Crippen LogP contribution >= 0.6 is 0 Å². The van der Waals surface area contributed by atoms with Gasteiger partial charge in [-0.3, -0.25) is 10.7 Å². The molecule has 0 atom stereocenters. The molecule has 19 heavy (non-hydrogen) atoms. The van der Waals surface area contributed by atoms with Gasteiger partial charge >= 0.3 is 6.09 Å². The van der Waals surface area contributed by atoms with Crippen LogP contribution in [0.4, 0.5) is 10.5 Å². The Hall–Kier alpha value is -2.24. The fourth-order valence-corrected chi connectivity index (χ4v) is 1.47. The maximum atomic E-state index is 11.7. The number of carbonyl (C=O) groups excluding carboxylic acids is 1. The Morgan fingerprint density at radius 2 is 2.11 bits per heavy atom. The molecule has 0 spiro atoms. The predicted molar refractivity (Wildman–Crippen MR) is 73.6 cm³/mol. The molecule has 1 rings (SSSR count). The van der Waals surface area contributed by atoms with E-state index in [9.17, 15) is 9.90 Å². The minimum atomic E-state index is -0.595. The normalized spacial score (nSPS) is 10.9. The highest BCUT2D eigenvalue weighted by Crippen LogP contribution is 2.22. The first-order valence-electron chi connectivity index (χ1n) is 5.82. The Balaban J connectivity index is 2.88. The highest BCUT2D eigenvalue weighted by molar-refractivity contribution is 5.88. The van der Waals surface area contributed by atoms with Gasteiger partial charge in [-0.05, 0) is 44.5 Å². The molecule has 6 nitrogen and oxygen atoms in total. The lowest BCUT2D eigenvalue weighted by Gasteiger charge is -2.20. The average molecular weight is 265 g/mol. The van der Waals surface area contributed by atoms with Crippen molar-refractivity contribution < 1.29 is 14.6 Å². The summed E-state index contributed by atoms with van der Waals surface area (Å²) in [6, 6.07) is 4.43. The monoisotopic (exact) mass is 265 g/mol. The first kappa shape index (κ1) is 14.8. The summed E-state index contributed by atoms with van der Waals surface area (Å²) in [6.45, 7) is 5.29. The van der Waals surface area contributed by atoms with E-state index in [1.807, 2.05) is 0 Å². The molecule has 1 aromatic rings. The van der Waals surface area contributed by atoms with Crippen molar-refractivity contribution in [3.63, 3.8) is 0 Å². The maximum absolute atomic E-state index is 11.7. The van der Waals surface area contributed by atoms with Gasteiger partial charge < -0.3 is 15.6 Å². The van der Waals surface area contributed by atoms with E-state index in [2.05, 4.69) is 5.32 Å². The van der Waals surface area contributed by atoms with E-state index < -0.39 is 11.7 Å². The van der Waals surface area contributed by atoms with Crippen molar-refractivity contribution in [2.24, 2.45) is 5.73 Å². The number of carbonyl (C=O) groups is 1. The van der Waals surface area contributed by atoms with Gasteiger partial charge in [-0.25, -0.2) is 4.79 Å². The van der Waals surface area contributed by atoms with Gasteiger partial charge in [-0.1, -0.05) is 0 Å². The van der Waals surface area contributed by atoms with Crippen molar-refractivity contribution in [2.75, 3.05) is 5.32 Å². The third-order valence-corrected chi connectivity index (χ3v) is 2.11. The van der Waals surface area contributed by atoms with Gasteiger partial charge in [-0.2, -0.15) is 0 Å². The number of phenolic OH excluding ortho intramolecular Hbond substituents is 1. The number of phenols is 1. The Labute approximate surface area is 112 Å². The summed E-state index contributed by atoms with van der Waals surface area (Å²) in [5.41, 5.74) is 5.75. The number of nitrogens with two attached hydrogens (primary N) is 1. The van der Waals surface area contributed by atoms with Crippen molar-refractivity contribution in [3.05, 3.63) is 23.8 Å². The number of nitrogens with one attached hydrogen (secondary N) is 2. The van der Waals surface area contributed by atoms with Gasteiger partial charge in [0.15, 0.2) is 0 Å². The van der Waals surface area contributed by atoms with Gasteiger partial charge in [0.1, 0.15) is 11.4 Å². The smallest absolute Gasteiger partial charge is 0.412 e. The number of amides is 1. The van der Waals surface area contributed by atoms with Crippen LogP contribution in [0.2, 0.25) is 0 Å². The molecule has 0 heterocycles. The summed E-state index contributed by atoms with van der Waals surface area (Å²) >= 11 is 0. The molecular formula is C13H19N3O3. The van der Waals surface area contributed by atoms with Crippen LogP contribution in [-0.4, -0.2) is 22.6 Å². The van der Waals surface area contributed by atoms with Crippen molar-refractivity contribution in [2.45, 2.75) is 32.8 Å². The highest BCUT2D eigenvalue weighted by Gasteiger charge is 2.17. The van der Waals surface area contributed by atoms with E-state index in [0.29, 0.717) is 11.3 Å². The minimum Gasteiger partial charge on any atom is -0.508 e. The summed E-state index contributed by atoms with van der Waals surface area (Å²) in [6.07, 6.45) is -0.456. The van der Waals surface area contributed by atoms with E-state index in [1.165, 1.54) is 18.2 Å². The number of benzene rings is 1. The number of hydrogen-bond donors (Lipinski definition) is 4. The van der Waals surface area contributed by atoms with Crippen LogP contribution in [-0.2, 0) is 11.2 Å². The lowest BCUT2D eigenvalue weighted by atomic mass is 10.1. The summed E-state index contributed by atoms with van der Waals surface area (Å²) in [4.78, 5) is 11.7. The molecule has 0 radical (unpaired) electrons. The van der Waals surface area contributed by atoms with E-state index in [4.69, 9.17) is 15.9 Å². The van der Waals surface area contributed by atoms with Gasteiger partial charge in [0, 0.05) is 12.1 Å². The molecule has 0 aromatic heterocycles. The fraction of sp³-hybridized carbons (Fsp3) is 0.385. The summed E-state index contributed by atoms with van der Waals surface area (Å²) in [5, 5.41) is 19.3. The lowest BCUT2D eigenvalue weighted by molar-refractivity contribution is 0.0635. The van der Waals surface area contributed by atoms with E-state index in [1.54, 1.807) is 20.8 Å². The molecule has 104 valence electrons. The third kappa shape index (κ3) is 5.29. The number of rotatable bonds is 3. The molecule has 1 amide bonds. The molecule has 5 N–H and O–H groups in total. The van der Waals surface area contributed by atoms with Crippen LogP contribution < -0.4 is 11.1 Å². The van der Waals surface area contributed by atoms with E-state index in [0.717, 1.165) is 0 Å². The second-order valence-electron chi connectivity index (χ2n) is 5.17. The van der Waals surface area contributed by atoms with Crippen LogP contribution in [0.3, 0.4) is 0 Å². The Morgan fingerprint density at radius 3 is 2.63 bits per heavy atom. The van der Waals surface area contributed by atoms with Crippen LogP contribution in [0, 0.1) is 5.41 Å². The van der Waals surface area contributed by atoms with Crippen LogP contribution in [0.1, 0.15) is 26.3 Å². The average Bonchev–Trinajstić information content (AvgIpc) is 2.18. The SMILES string of the molecule is CC(C)(C)OC(=O)Nc1ccc(O)cc1CC(=N)N. The zero-order valence-electron chi connectivity index (χ0n) is 11.3. The van der Waals surface area contributed by atoms with Crippen molar-refractivity contribution >= 4 is 17.6 Å². The first-order chi connectivity index (χ1) is 8.67. The standard InChI is InChI=1S/C13H19N3O3/c1-13(2,3)19-12(18)16-10-5-4-9(17)6-8(10)7-11(14)15/h4-6,17H,7H2,1-3H3,(H3,14,15)(H,16,18). The quantitative estimate of drug-likeness (QED) is 0.381. The number of aromatic hydroxyl groups is 1. The maximum Gasteiger partial charge on any atom is 0.412 e. The van der Waals surface area contributed by atoms with Gasteiger partial charge in [0.05, 0.1) is 5.84 Å². The summed E-state index contributed by atoms with van der Waals surface area (Å²) in [5.74, 6) is -0.0103. The van der Waals surface area contributed by atoms with Crippen LogP contribution in [0.5, 0.6) is 5.75 Å². The molecule has 0 bridgehead atoms. The largest absolute Gasteiger partial charge is 0.508 e. The topological polar surface area (TPSA) is 108 Å². The molecule has 0 fully saturated rings. The molecule has 0 saturated heterocycles. The second kappa shape index (κ2) is 5.60. The zero-order valence-corrected chi connectivity index (χ0v) is 11.3. The van der Waals surface area contributed by atoms with Crippen molar-refractivity contribution in [3.8, 4) is 5.75 Å². The van der Waals surface area contributed by atoms with Crippen molar-refractivity contribution in [1.82, 2.24) is 0 Å². The first-order valence-corrected chi connectivity index (χ1v) is 5.82.